The van der Waals surface area contributed by atoms with Gasteiger partial charge in [0.1, 0.15) is 5.82 Å². The van der Waals surface area contributed by atoms with Gasteiger partial charge in [-0.05, 0) is 30.4 Å². The molecule has 0 radical (unpaired) electrons. The smallest absolute Gasteiger partial charge is 0.147 e. The molecule has 1 nitrogen and oxygen atoms in total. The fraction of sp³-hybridized carbons (Fsp3) is 0.333. The van der Waals surface area contributed by atoms with Crippen LogP contribution in [0.4, 0.5) is 4.39 Å². The zero-order valence-electron chi connectivity index (χ0n) is 7.89. The van der Waals surface area contributed by atoms with Crippen LogP contribution < -0.4 is 0 Å². The molecule has 1 fully saturated rings. The molecule has 0 saturated heterocycles. The maximum absolute atomic E-state index is 13.4. The predicted octanol–water partition coefficient (Wildman–Crippen LogP) is 3.57. The van der Waals surface area contributed by atoms with E-state index in [1.165, 1.54) is 30.9 Å². The van der Waals surface area contributed by atoms with Gasteiger partial charge in [0.2, 0.25) is 0 Å². The van der Waals surface area contributed by atoms with Gasteiger partial charge in [0.25, 0.3) is 0 Å². The molecule has 0 bridgehead atoms. The number of rotatable bonds is 1. The van der Waals surface area contributed by atoms with Crippen molar-refractivity contribution in [1.82, 2.24) is 4.98 Å². The molecule has 1 aromatic carbocycles. The number of fused-ring (bicyclic) bond motifs is 1. The zero-order valence-corrected chi connectivity index (χ0v) is 7.89. The van der Waals surface area contributed by atoms with Crippen LogP contribution in [0.2, 0.25) is 0 Å². The van der Waals surface area contributed by atoms with Crippen molar-refractivity contribution in [3.8, 4) is 0 Å². The minimum Gasteiger partial charge on any atom is -0.359 e. The van der Waals surface area contributed by atoms with Crippen LogP contribution in [0.5, 0.6) is 0 Å². The topological polar surface area (TPSA) is 15.8 Å². The fourth-order valence-electron chi connectivity index (χ4n) is 2.20. The average molecular weight is 189 g/mol. The van der Waals surface area contributed by atoms with Crippen molar-refractivity contribution in [2.75, 3.05) is 0 Å². The molecular formula is C12H12FN. The summed E-state index contributed by atoms with van der Waals surface area (Å²) in [5.74, 6) is 0.513. The van der Waals surface area contributed by atoms with Gasteiger partial charge < -0.3 is 4.98 Å². The monoisotopic (exact) mass is 189 g/mol. The number of halogens is 1. The second-order valence-electron chi connectivity index (χ2n) is 4.03. The summed E-state index contributed by atoms with van der Waals surface area (Å²) in [5, 5.41) is 1.06. The first-order valence-corrected chi connectivity index (χ1v) is 5.12. The Balaban J connectivity index is 2.20. The Bertz CT molecular complexity index is 468. The lowest BCUT2D eigenvalue weighted by Gasteiger charge is -2.24. The molecular weight excluding hydrogens is 177 g/mol. The summed E-state index contributed by atoms with van der Waals surface area (Å²) in [4.78, 5) is 3.03. The lowest BCUT2D eigenvalue weighted by Crippen LogP contribution is -2.07. The number of hydrogen-bond acceptors (Lipinski definition) is 0. The van der Waals surface area contributed by atoms with Crippen LogP contribution >= 0.6 is 0 Å². The van der Waals surface area contributed by atoms with Gasteiger partial charge in [-0.25, -0.2) is 4.39 Å². The Morgan fingerprint density at radius 2 is 2.14 bits per heavy atom. The first kappa shape index (κ1) is 8.04. The van der Waals surface area contributed by atoms with Crippen LogP contribution in [0.1, 0.15) is 30.7 Å². The Hall–Kier alpha value is -1.31. The molecule has 2 aromatic rings. The van der Waals surface area contributed by atoms with E-state index in [4.69, 9.17) is 0 Å². The van der Waals surface area contributed by atoms with E-state index in [-0.39, 0.29) is 5.82 Å². The molecule has 0 atom stereocenters. The van der Waals surface area contributed by atoms with Gasteiger partial charge in [0, 0.05) is 11.6 Å². The van der Waals surface area contributed by atoms with Gasteiger partial charge in [-0.3, -0.25) is 0 Å². The molecule has 1 saturated carbocycles. The molecule has 2 heteroatoms. The SMILES string of the molecule is Fc1cccc2c(C3CCC3)c[nH]c12. The van der Waals surface area contributed by atoms with Crippen molar-refractivity contribution >= 4 is 10.9 Å². The van der Waals surface area contributed by atoms with Gasteiger partial charge in [-0.15, -0.1) is 0 Å². The molecule has 72 valence electrons. The molecule has 1 heterocycles. The molecule has 1 aliphatic carbocycles. The summed E-state index contributed by atoms with van der Waals surface area (Å²) in [6.45, 7) is 0. The Morgan fingerprint density at radius 1 is 1.29 bits per heavy atom. The lowest BCUT2D eigenvalue weighted by atomic mass is 9.80. The largest absolute Gasteiger partial charge is 0.359 e. The molecule has 0 aliphatic heterocycles. The number of aromatic amines is 1. The van der Waals surface area contributed by atoms with Crippen LogP contribution in [0.3, 0.4) is 0 Å². The van der Waals surface area contributed by atoms with Crippen LogP contribution in [-0.4, -0.2) is 4.98 Å². The van der Waals surface area contributed by atoms with Crippen molar-refractivity contribution < 1.29 is 4.39 Å². The van der Waals surface area contributed by atoms with Crippen LogP contribution in [0.15, 0.2) is 24.4 Å². The fourth-order valence-corrected chi connectivity index (χ4v) is 2.20. The number of aromatic nitrogens is 1. The summed E-state index contributed by atoms with van der Waals surface area (Å²) in [5.41, 5.74) is 1.96. The molecule has 1 aromatic heterocycles. The maximum Gasteiger partial charge on any atom is 0.147 e. The minimum absolute atomic E-state index is 0.145. The van der Waals surface area contributed by atoms with Gasteiger partial charge in [0.05, 0.1) is 5.52 Å². The summed E-state index contributed by atoms with van der Waals surface area (Å²) < 4.78 is 13.4. The first-order valence-electron chi connectivity index (χ1n) is 5.12. The average Bonchev–Trinajstić information content (AvgIpc) is 2.48. The van der Waals surface area contributed by atoms with Crippen LogP contribution in [0.25, 0.3) is 10.9 Å². The lowest BCUT2D eigenvalue weighted by molar-refractivity contribution is 0.422. The standard InChI is InChI=1S/C12H12FN/c13-11-6-2-5-9-10(7-14-12(9)11)8-3-1-4-8/h2,5-8,14H,1,3-4H2. The Kier molecular flexibility index (Phi) is 1.63. The number of hydrogen-bond donors (Lipinski definition) is 1. The van der Waals surface area contributed by atoms with Crippen LogP contribution in [0, 0.1) is 5.82 Å². The molecule has 1 aliphatic rings. The third kappa shape index (κ3) is 0.999. The molecule has 0 spiro atoms. The number of benzene rings is 1. The second-order valence-corrected chi connectivity index (χ2v) is 4.03. The molecule has 1 N–H and O–H groups in total. The van der Waals surface area contributed by atoms with Crippen LogP contribution in [-0.2, 0) is 0 Å². The highest BCUT2D eigenvalue weighted by atomic mass is 19.1. The van der Waals surface area contributed by atoms with Crippen molar-refractivity contribution in [3.05, 3.63) is 35.8 Å². The van der Waals surface area contributed by atoms with Gasteiger partial charge in [0.15, 0.2) is 0 Å². The van der Waals surface area contributed by atoms with E-state index in [0.717, 1.165) is 5.39 Å². The highest BCUT2D eigenvalue weighted by Gasteiger charge is 2.22. The number of para-hydroxylation sites is 1. The highest BCUT2D eigenvalue weighted by Crippen LogP contribution is 2.39. The van der Waals surface area contributed by atoms with E-state index in [2.05, 4.69) is 4.98 Å². The number of nitrogens with one attached hydrogen (secondary N) is 1. The molecule has 14 heavy (non-hydrogen) atoms. The second kappa shape index (κ2) is 2.84. The van der Waals surface area contributed by atoms with E-state index in [0.29, 0.717) is 11.4 Å². The summed E-state index contributed by atoms with van der Waals surface area (Å²) in [6.07, 6.45) is 5.79. The highest BCUT2D eigenvalue weighted by molar-refractivity contribution is 5.84. The predicted molar refractivity (Wildman–Crippen MR) is 54.8 cm³/mol. The number of H-pyrrole nitrogens is 1. The third-order valence-corrected chi connectivity index (χ3v) is 3.24. The van der Waals surface area contributed by atoms with E-state index in [1.54, 1.807) is 6.07 Å². The maximum atomic E-state index is 13.4. The van der Waals surface area contributed by atoms with E-state index in [1.807, 2.05) is 12.3 Å². The van der Waals surface area contributed by atoms with Crippen molar-refractivity contribution in [2.45, 2.75) is 25.2 Å². The van der Waals surface area contributed by atoms with E-state index >= 15 is 0 Å². The molecule has 3 rings (SSSR count). The minimum atomic E-state index is -0.145. The van der Waals surface area contributed by atoms with E-state index in [9.17, 15) is 4.39 Å². The summed E-state index contributed by atoms with van der Waals surface area (Å²) in [7, 11) is 0. The first-order chi connectivity index (χ1) is 6.86. The molecule has 0 unspecified atom stereocenters. The van der Waals surface area contributed by atoms with Crippen molar-refractivity contribution in [3.63, 3.8) is 0 Å². The summed E-state index contributed by atoms with van der Waals surface area (Å²) in [6, 6.07) is 5.29. The van der Waals surface area contributed by atoms with Gasteiger partial charge >= 0.3 is 0 Å². The summed E-state index contributed by atoms with van der Waals surface area (Å²) >= 11 is 0. The van der Waals surface area contributed by atoms with E-state index < -0.39 is 0 Å². The zero-order chi connectivity index (χ0) is 9.54. The quantitative estimate of drug-likeness (QED) is 0.705. The normalized spacial score (nSPS) is 17.2. The van der Waals surface area contributed by atoms with Crippen molar-refractivity contribution in [2.24, 2.45) is 0 Å². The Morgan fingerprint density at radius 3 is 2.86 bits per heavy atom. The Labute approximate surface area is 81.9 Å². The van der Waals surface area contributed by atoms with Gasteiger partial charge in [-0.1, -0.05) is 18.6 Å². The van der Waals surface area contributed by atoms with Crippen molar-refractivity contribution in [1.29, 1.82) is 0 Å². The third-order valence-electron chi connectivity index (χ3n) is 3.24. The molecule has 0 amide bonds. The van der Waals surface area contributed by atoms with Gasteiger partial charge in [-0.2, -0.15) is 0 Å².